The number of carbonyl (C=O) groups is 2. The fourth-order valence-corrected chi connectivity index (χ4v) is 5.59. The molecule has 1 aromatic carbocycles. The number of methoxy groups -OCH3 is 1. The Morgan fingerprint density at radius 3 is 2.74 bits per heavy atom. The molecule has 2 aromatic heterocycles. The van der Waals surface area contributed by atoms with E-state index in [2.05, 4.69) is 30.9 Å². The zero-order valence-corrected chi connectivity index (χ0v) is 26.9. The van der Waals surface area contributed by atoms with Crippen molar-refractivity contribution in [3.63, 3.8) is 0 Å². The average molecular weight is 637 g/mol. The van der Waals surface area contributed by atoms with Crippen LogP contribution in [0.5, 0.6) is 5.75 Å². The largest absolute Gasteiger partial charge is 0.486 e. The van der Waals surface area contributed by atoms with Gasteiger partial charge in [-0.2, -0.15) is 4.98 Å². The average Bonchev–Trinajstić information content (AvgIpc) is 3.48. The molecule has 2 aliphatic rings. The molecule has 1 fully saturated rings. The van der Waals surface area contributed by atoms with Crippen LogP contribution in [0.3, 0.4) is 0 Å². The summed E-state index contributed by atoms with van der Waals surface area (Å²) in [4.78, 5) is 42.0. The van der Waals surface area contributed by atoms with Crippen molar-refractivity contribution in [2.45, 2.75) is 64.4 Å². The fraction of sp³-hybridized carbons (Fsp3) is 0.531. The van der Waals surface area contributed by atoms with Gasteiger partial charge in [0.15, 0.2) is 12.2 Å². The van der Waals surface area contributed by atoms with Crippen LogP contribution in [0.15, 0.2) is 35.1 Å². The summed E-state index contributed by atoms with van der Waals surface area (Å²) in [5.41, 5.74) is 3.21. The highest BCUT2D eigenvalue weighted by Gasteiger charge is 2.26. The maximum atomic E-state index is 13.3. The summed E-state index contributed by atoms with van der Waals surface area (Å²) in [7, 11) is 3.46. The molecule has 0 spiro atoms. The highest BCUT2D eigenvalue weighted by atomic mass is 16.5. The lowest BCUT2D eigenvalue weighted by atomic mass is 9.92. The Bertz CT molecular complexity index is 1490. The molecule has 0 unspecified atom stereocenters. The number of aliphatic hydroxyl groups excluding tert-OH is 1. The number of fused-ring (bicyclic) bond motifs is 1. The summed E-state index contributed by atoms with van der Waals surface area (Å²) in [5.74, 6) is 2.01. The molecule has 2 atom stereocenters. The Labute approximate surface area is 268 Å². The summed E-state index contributed by atoms with van der Waals surface area (Å²) in [6.07, 6.45) is 2.75. The molecule has 2 amide bonds. The van der Waals surface area contributed by atoms with Gasteiger partial charge in [0, 0.05) is 72.0 Å². The minimum atomic E-state index is -0.822. The number of aryl methyl sites for hydroxylation is 1. The summed E-state index contributed by atoms with van der Waals surface area (Å²) < 4.78 is 16.4. The second kappa shape index (κ2) is 15.3. The van der Waals surface area contributed by atoms with E-state index in [4.69, 9.17) is 13.9 Å². The topological polar surface area (TPSA) is 167 Å². The number of hydrogen-bond acceptors (Lipinski definition) is 12. The number of likely N-dealkylation sites (tertiary alicyclic amines) is 1. The van der Waals surface area contributed by atoms with Crippen molar-refractivity contribution in [3.05, 3.63) is 58.9 Å². The molecular formula is C32H44N8O6. The fourth-order valence-electron chi connectivity index (χ4n) is 5.59. The van der Waals surface area contributed by atoms with Gasteiger partial charge < -0.3 is 44.7 Å². The number of likely N-dealkylation sites (N-methyl/N-ethyl adjacent to an activating group) is 1. The Morgan fingerprint density at radius 1 is 1.22 bits per heavy atom. The van der Waals surface area contributed by atoms with Gasteiger partial charge in [-0.05, 0) is 49.4 Å². The van der Waals surface area contributed by atoms with Crippen LogP contribution in [-0.2, 0) is 29.1 Å². The first-order chi connectivity index (χ1) is 22.2. The van der Waals surface area contributed by atoms with Crippen molar-refractivity contribution in [1.29, 1.82) is 0 Å². The third kappa shape index (κ3) is 8.50. The molecule has 3 aromatic rings. The van der Waals surface area contributed by atoms with Crippen LogP contribution in [0.4, 0.5) is 11.8 Å². The third-order valence-corrected chi connectivity index (χ3v) is 8.53. The van der Waals surface area contributed by atoms with Crippen LogP contribution >= 0.6 is 0 Å². The lowest BCUT2D eigenvalue weighted by Crippen LogP contribution is -2.49. The highest BCUT2D eigenvalue weighted by molar-refractivity contribution is 5.93. The molecule has 4 N–H and O–H groups in total. The summed E-state index contributed by atoms with van der Waals surface area (Å²) >= 11 is 0. The molecule has 1 saturated heterocycles. The van der Waals surface area contributed by atoms with E-state index in [0.29, 0.717) is 63.3 Å². The van der Waals surface area contributed by atoms with Crippen LogP contribution in [0, 0.1) is 6.92 Å². The van der Waals surface area contributed by atoms with Crippen molar-refractivity contribution >= 4 is 23.6 Å². The van der Waals surface area contributed by atoms with Gasteiger partial charge in [0.1, 0.15) is 23.9 Å². The van der Waals surface area contributed by atoms with Crippen LogP contribution in [-0.4, -0.2) is 102 Å². The molecule has 5 rings (SSSR count). The minimum Gasteiger partial charge on any atom is -0.486 e. The number of amides is 2. The number of rotatable bonds is 13. The van der Waals surface area contributed by atoms with Gasteiger partial charge in [0.05, 0.1) is 18.4 Å². The summed E-state index contributed by atoms with van der Waals surface area (Å²) in [5, 5.41) is 20.7. The molecule has 14 nitrogen and oxygen atoms in total. The van der Waals surface area contributed by atoms with Gasteiger partial charge in [-0.25, -0.2) is 9.97 Å². The van der Waals surface area contributed by atoms with Crippen molar-refractivity contribution in [1.82, 2.24) is 30.5 Å². The number of benzene rings is 1. The standard InChI is InChI=1S/C32H44N8O6/c1-20-29(46-19-35-20)18-45-25-6-5-22-14-26(33-16-23(22)13-25)28(42)17-34-31(43)27-15-30(38-32(37-27)39(3)11-12-44-4)36-24-7-9-40(10-8-24)21(2)41/h5-6,13,15,19,24,26,28,33,42H,7-12,14,16-18H2,1-4H3,(H,34,43)(H,36,37,38)/t26-,28+/m0/s1. The van der Waals surface area contributed by atoms with Gasteiger partial charge >= 0.3 is 0 Å². The van der Waals surface area contributed by atoms with Gasteiger partial charge in [-0.15, -0.1) is 0 Å². The molecule has 14 heteroatoms. The van der Waals surface area contributed by atoms with Crippen LogP contribution in [0.25, 0.3) is 0 Å². The monoisotopic (exact) mass is 636 g/mol. The Balaban J connectivity index is 1.18. The van der Waals surface area contributed by atoms with E-state index in [1.54, 1.807) is 20.1 Å². The highest BCUT2D eigenvalue weighted by Crippen LogP contribution is 2.25. The molecule has 4 heterocycles. The van der Waals surface area contributed by atoms with E-state index >= 15 is 0 Å². The van der Waals surface area contributed by atoms with Crippen LogP contribution < -0.4 is 25.6 Å². The minimum absolute atomic E-state index is 0.0503. The predicted molar refractivity (Wildman–Crippen MR) is 171 cm³/mol. The Hall–Kier alpha value is -4.27. The van der Waals surface area contributed by atoms with E-state index in [0.717, 1.165) is 35.4 Å². The van der Waals surface area contributed by atoms with Gasteiger partial charge in [0.2, 0.25) is 11.9 Å². The van der Waals surface area contributed by atoms with E-state index in [-0.39, 0.29) is 30.2 Å². The normalized spacial score (nSPS) is 17.2. The quantitative estimate of drug-likeness (QED) is 0.215. The predicted octanol–water partition coefficient (Wildman–Crippen LogP) is 1.66. The first kappa shape index (κ1) is 33.1. The zero-order chi connectivity index (χ0) is 32.6. The lowest BCUT2D eigenvalue weighted by molar-refractivity contribution is -0.129. The van der Waals surface area contributed by atoms with E-state index in [1.165, 1.54) is 6.39 Å². The smallest absolute Gasteiger partial charge is 0.270 e. The van der Waals surface area contributed by atoms with Gasteiger partial charge in [0.25, 0.3) is 5.91 Å². The lowest BCUT2D eigenvalue weighted by Gasteiger charge is -2.32. The zero-order valence-electron chi connectivity index (χ0n) is 26.9. The number of anilines is 2. The molecule has 2 aliphatic heterocycles. The number of hydrogen-bond donors (Lipinski definition) is 4. The van der Waals surface area contributed by atoms with Crippen molar-refractivity contribution in [2.75, 3.05) is 57.2 Å². The first-order valence-electron chi connectivity index (χ1n) is 15.6. The number of piperidine rings is 1. The Morgan fingerprint density at radius 2 is 2.02 bits per heavy atom. The number of carbonyl (C=O) groups excluding carboxylic acids is 2. The van der Waals surface area contributed by atoms with Gasteiger partial charge in [-0.1, -0.05) is 6.07 Å². The second-order valence-corrected chi connectivity index (χ2v) is 11.8. The van der Waals surface area contributed by atoms with Gasteiger partial charge in [-0.3, -0.25) is 9.59 Å². The maximum absolute atomic E-state index is 13.3. The number of nitrogens with one attached hydrogen (secondary N) is 3. The maximum Gasteiger partial charge on any atom is 0.270 e. The molecule has 0 bridgehead atoms. The van der Waals surface area contributed by atoms with E-state index in [9.17, 15) is 14.7 Å². The summed E-state index contributed by atoms with van der Waals surface area (Å²) in [6.45, 7) is 6.73. The van der Waals surface area contributed by atoms with Crippen molar-refractivity contribution < 1.29 is 28.6 Å². The number of ether oxygens (including phenoxy) is 2. The Kier molecular flexibility index (Phi) is 11.0. The van der Waals surface area contributed by atoms with E-state index < -0.39 is 12.0 Å². The second-order valence-electron chi connectivity index (χ2n) is 11.8. The SMILES string of the molecule is COCCN(C)c1nc(NC2CCN(C(C)=O)CC2)cc(C(=O)NC[C@@H](O)[C@@H]2Cc3ccc(OCc4ocnc4C)cc3CN2)n1. The van der Waals surface area contributed by atoms with Crippen LogP contribution in [0.1, 0.15) is 52.8 Å². The number of aliphatic hydroxyl groups is 1. The molecule has 248 valence electrons. The summed E-state index contributed by atoms with van der Waals surface area (Å²) in [6, 6.07) is 7.42. The van der Waals surface area contributed by atoms with Crippen molar-refractivity contribution in [3.8, 4) is 5.75 Å². The molecule has 46 heavy (non-hydrogen) atoms. The number of aromatic nitrogens is 3. The van der Waals surface area contributed by atoms with E-state index in [1.807, 2.05) is 42.0 Å². The molecule has 0 aliphatic carbocycles. The molecule has 0 saturated carbocycles. The van der Waals surface area contributed by atoms with Crippen LogP contribution in [0.2, 0.25) is 0 Å². The first-order valence-corrected chi connectivity index (χ1v) is 15.6. The molecule has 0 radical (unpaired) electrons. The molecular weight excluding hydrogens is 592 g/mol. The third-order valence-electron chi connectivity index (χ3n) is 8.53. The van der Waals surface area contributed by atoms with Crippen molar-refractivity contribution in [2.24, 2.45) is 0 Å². The number of oxazole rings is 1. The number of nitrogens with zero attached hydrogens (tertiary/aromatic N) is 5.